The lowest BCUT2D eigenvalue weighted by atomic mass is 10.0. The van der Waals surface area contributed by atoms with Gasteiger partial charge in [-0.1, -0.05) is 13.8 Å². The van der Waals surface area contributed by atoms with Crippen molar-refractivity contribution in [3.63, 3.8) is 0 Å². The van der Waals surface area contributed by atoms with Crippen molar-refractivity contribution in [2.45, 2.75) is 78.3 Å². The lowest BCUT2D eigenvalue weighted by Crippen LogP contribution is -2.38. The summed E-state index contributed by atoms with van der Waals surface area (Å²) in [5.41, 5.74) is 22.9. The van der Waals surface area contributed by atoms with Crippen LogP contribution in [-0.2, 0) is 4.74 Å². The van der Waals surface area contributed by atoms with E-state index >= 15 is 0 Å². The van der Waals surface area contributed by atoms with Crippen molar-refractivity contribution >= 4 is 0 Å². The third-order valence-electron chi connectivity index (χ3n) is 6.14. The summed E-state index contributed by atoms with van der Waals surface area (Å²) in [6, 6.07) is 1.07. The van der Waals surface area contributed by atoms with Gasteiger partial charge in [0.2, 0.25) is 0 Å². The zero-order valence-corrected chi connectivity index (χ0v) is 21.2. The first-order chi connectivity index (χ1) is 14.9. The number of hydrogen-bond donors (Lipinski definition) is 4. The van der Waals surface area contributed by atoms with Crippen LogP contribution in [0.2, 0.25) is 0 Å². The molecule has 4 unspecified atom stereocenters. The van der Waals surface area contributed by atoms with Crippen LogP contribution in [-0.4, -0.2) is 87.5 Å². The first-order valence-corrected chi connectivity index (χ1v) is 12.8. The highest BCUT2D eigenvalue weighted by atomic mass is 16.5. The fourth-order valence-corrected chi connectivity index (χ4v) is 4.35. The standard InChI is InChI=1S/C24H56N6O/c1-21(17-23(3)29(13-5-9-25)14-6-10-26)19-31-20-22(2)18-24(4)30(15-7-11-27)16-8-12-28/h21-24H,5-20,25-28H2,1-4H3. The van der Waals surface area contributed by atoms with E-state index < -0.39 is 0 Å². The lowest BCUT2D eigenvalue weighted by molar-refractivity contribution is 0.0566. The van der Waals surface area contributed by atoms with Crippen molar-refractivity contribution in [2.75, 3.05) is 65.6 Å². The van der Waals surface area contributed by atoms with Crippen LogP contribution < -0.4 is 22.9 Å². The Morgan fingerprint density at radius 2 is 0.839 bits per heavy atom. The molecule has 0 aromatic rings. The maximum atomic E-state index is 6.13. The minimum Gasteiger partial charge on any atom is -0.381 e. The lowest BCUT2D eigenvalue weighted by Gasteiger charge is -2.31. The van der Waals surface area contributed by atoms with Crippen molar-refractivity contribution in [1.29, 1.82) is 0 Å². The van der Waals surface area contributed by atoms with Crippen LogP contribution in [0.4, 0.5) is 0 Å². The van der Waals surface area contributed by atoms with E-state index in [-0.39, 0.29) is 0 Å². The quantitative estimate of drug-likeness (QED) is 0.201. The molecule has 7 heteroatoms. The molecular weight excluding hydrogens is 388 g/mol. The van der Waals surface area contributed by atoms with Crippen molar-refractivity contribution < 1.29 is 4.74 Å². The fourth-order valence-electron chi connectivity index (χ4n) is 4.35. The van der Waals surface area contributed by atoms with E-state index in [4.69, 9.17) is 27.7 Å². The highest BCUT2D eigenvalue weighted by Gasteiger charge is 2.18. The van der Waals surface area contributed by atoms with E-state index in [9.17, 15) is 0 Å². The van der Waals surface area contributed by atoms with Gasteiger partial charge in [0.05, 0.1) is 0 Å². The maximum Gasteiger partial charge on any atom is 0.0492 e. The fraction of sp³-hybridized carbons (Fsp3) is 1.00. The van der Waals surface area contributed by atoms with Gasteiger partial charge in [0.1, 0.15) is 0 Å². The van der Waals surface area contributed by atoms with Crippen molar-refractivity contribution in [3.8, 4) is 0 Å². The van der Waals surface area contributed by atoms with Crippen LogP contribution >= 0.6 is 0 Å². The van der Waals surface area contributed by atoms with Crippen molar-refractivity contribution in [3.05, 3.63) is 0 Å². The zero-order valence-electron chi connectivity index (χ0n) is 21.2. The molecule has 0 aliphatic heterocycles. The minimum absolute atomic E-state index is 0.535. The molecule has 0 saturated carbocycles. The molecule has 0 amide bonds. The highest BCUT2D eigenvalue weighted by molar-refractivity contribution is 4.73. The van der Waals surface area contributed by atoms with Gasteiger partial charge in [-0.05, 0) is 117 Å². The molecule has 31 heavy (non-hydrogen) atoms. The van der Waals surface area contributed by atoms with Crippen LogP contribution in [0, 0.1) is 11.8 Å². The summed E-state index contributed by atoms with van der Waals surface area (Å²) >= 11 is 0. The molecule has 0 aliphatic carbocycles. The van der Waals surface area contributed by atoms with E-state index in [0.29, 0.717) is 23.9 Å². The van der Waals surface area contributed by atoms with Gasteiger partial charge in [-0.2, -0.15) is 0 Å². The molecule has 0 aromatic carbocycles. The summed E-state index contributed by atoms with van der Waals surface area (Å²) < 4.78 is 6.13. The average Bonchev–Trinajstić information content (AvgIpc) is 2.73. The van der Waals surface area contributed by atoms with Crippen LogP contribution in [0.1, 0.15) is 66.2 Å². The van der Waals surface area contributed by atoms with Crippen LogP contribution in [0.3, 0.4) is 0 Å². The summed E-state index contributed by atoms with van der Waals surface area (Å²) in [7, 11) is 0. The van der Waals surface area contributed by atoms with Crippen LogP contribution in [0.25, 0.3) is 0 Å². The highest BCUT2D eigenvalue weighted by Crippen LogP contribution is 2.16. The van der Waals surface area contributed by atoms with E-state index in [0.717, 1.165) is 104 Å². The summed E-state index contributed by atoms with van der Waals surface area (Å²) in [5, 5.41) is 0. The molecule has 0 spiro atoms. The normalized spacial score (nSPS) is 16.1. The molecule has 0 aromatic heterocycles. The maximum absolute atomic E-state index is 6.13. The Morgan fingerprint density at radius 1 is 0.548 bits per heavy atom. The molecular formula is C24H56N6O. The summed E-state index contributed by atoms with van der Waals surface area (Å²) in [6.07, 6.45) is 6.47. The van der Waals surface area contributed by atoms with E-state index in [1.165, 1.54) is 0 Å². The SMILES string of the molecule is CC(COCC(C)CC(C)N(CCCN)CCCN)CC(C)N(CCCN)CCCN. The Balaban J connectivity index is 4.29. The molecule has 0 aliphatic rings. The van der Waals surface area contributed by atoms with Gasteiger partial charge in [-0.3, -0.25) is 0 Å². The molecule has 0 rings (SSSR count). The Hall–Kier alpha value is -0.280. The minimum atomic E-state index is 0.535. The predicted octanol–water partition coefficient (Wildman–Crippen LogP) is 1.83. The first-order valence-electron chi connectivity index (χ1n) is 12.8. The van der Waals surface area contributed by atoms with E-state index in [2.05, 4.69) is 37.5 Å². The van der Waals surface area contributed by atoms with Gasteiger partial charge in [-0.15, -0.1) is 0 Å². The smallest absolute Gasteiger partial charge is 0.0492 e. The monoisotopic (exact) mass is 444 g/mol. The van der Waals surface area contributed by atoms with Gasteiger partial charge < -0.3 is 37.5 Å². The molecule has 0 bridgehead atoms. The zero-order chi connectivity index (χ0) is 23.5. The second kappa shape index (κ2) is 20.3. The Labute approximate surface area is 193 Å². The molecule has 0 saturated heterocycles. The Morgan fingerprint density at radius 3 is 1.10 bits per heavy atom. The summed E-state index contributed by atoms with van der Waals surface area (Å²) in [5.74, 6) is 1.09. The van der Waals surface area contributed by atoms with Crippen molar-refractivity contribution in [1.82, 2.24) is 9.80 Å². The number of nitrogens with two attached hydrogens (primary N) is 4. The summed E-state index contributed by atoms with van der Waals surface area (Å²) in [6.45, 7) is 18.1. The number of nitrogens with zero attached hydrogens (tertiary/aromatic N) is 2. The molecule has 8 N–H and O–H groups in total. The third kappa shape index (κ3) is 16.1. The van der Waals surface area contributed by atoms with Gasteiger partial charge in [0, 0.05) is 25.3 Å². The van der Waals surface area contributed by atoms with Gasteiger partial charge in [0.25, 0.3) is 0 Å². The van der Waals surface area contributed by atoms with Crippen LogP contribution in [0.5, 0.6) is 0 Å². The molecule has 0 heterocycles. The third-order valence-corrected chi connectivity index (χ3v) is 6.14. The number of hydrogen-bond acceptors (Lipinski definition) is 7. The van der Waals surface area contributed by atoms with Crippen LogP contribution in [0.15, 0.2) is 0 Å². The molecule has 188 valence electrons. The number of ether oxygens (including phenoxy) is 1. The molecule has 7 nitrogen and oxygen atoms in total. The molecule has 0 fully saturated rings. The Kier molecular flexibility index (Phi) is 20.2. The topological polar surface area (TPSA) is 120 Å². The predicted molar refractivity (Wildman–Crippen MR) is 135 cm³/mol. The van der Waals surface area contributed by atoms with Gasteiger partial charge in [-0.25, -0.2) is 0 Å². The van der Waals surface area contributed by atoms with Gasteiger partial charge in [0.15, 0.2) is 0 Å². The summed E-state index contributed by atoms with van der Waals surface area (Å²) in [4.78, 5) is 5.08. The largest absolute Gasteiger partial charge is 0.381 e. The van der Waals surface area contributed by atoms with E-state index in [1.54, 1.807) is 0 Å². The van der Waals surface area contributed by atoms with Gasteiger partial charge >= 0.3 is 0 Å². The average molecular weight is 445 g/mol. The first kappa shape index (κ1) is 30.7. The van der Waals surface area contributed by atoms with E-state index in [1.807, 2.05) is 0 Å². The molecule has 4 atom stereocenters. The Bertz CT molecular complexity index is 337. The second-order valence-corrected chi connectivity index (χ2v) is 9.56. The molecule has 0 radical (unpaired) electrons. The number of rotatable bonds is 22. The second-order valence-electron chi connectivity index (χ2n) is 9.56. The van der Waals surface area contributed by atoms with Crippen molar-refractivity contribution in [2.24, 2.45) is 34.8 Å².